The maximum Gasteiger partial charge on any atom is 0.261 e. The summed E-state index contributed by atoms with van der Waals surface area (Å²) in [6.45, 7) is 7.44. The first-order chi connectivity index (χ1) is 11.9. The van der Waals surface area contributed by atoms with Crippen LogP contribution in [0.4, 0.5) is 0 Å². The molecule has 1 atom stereocenters. The fourth-order valence-electron chi connectivity index (χ4n) is 3.75. The molecule has 1 N–H and O–H groups in total. The zero-order chi connectivity index (χ0) is 17.9. The third-order valence-electron chi connectivity index (χ3n) is 4.98. The Morgan fingerprint density at radius 2 is 1.48 bits per heavy atom. The summed E-state index contributed by atoms with van der Waals surface area (Å²) in [5.41, 5.74) is 0. The van der Waals surface area contributed by atoms with Crippen molar-refractivity contribution in [3.63, 3.8) is 0 Å². The van der Waals surface area contributed by atoms with Crippen LogP contribution in [-0.4, -0.2) is 26.9 Å². The van der Waals surface area contributed by atoms with E-state index < -0.39 is 8.32 Å². The van der Waals surface area contributed by atoms with E-state index in [0.29, 0.717) is 13.0 Å². The largest absolute Gasteiger partial charge is 0.403 e. The fraction of sp³-hybridized carbons (Fsp3) is 0.381. The first-order valence-electron chi connectivity index (χ1n) is 8.99. The fourth-order valence-corrected chi connectivity index (χ4v) is 8.47. The summed E-state index contributed by atoms with van der Waals surface area (Å²) in [7, 11) is -2.51. The van der Waals surface area contributed by atoms with Crippen molar-refractivity contribution in [2.75, 3.05) is 6.54 Å². The summed E-state index contributed by atoms with van der Waals surface area (Å²) in [5.74, 6) is 0.127. The highest BCUT2D eigenvalue weighted by Crippen LogP contribution is 2.38. The Labute approximate surface area is 151 Å². The lowest BCUT2D eigenvalue weighted by Crippen LogP contribution is -2.68. The normalized spacial score (nSPS) is 18.7. The van der Waals surface area contributed by atoms with Crippen LogP contribution in [0.1, 0.15) is 33.6 Å². The molecular weight excluding hydrogens is 326 g/mol. The first kappa shape index (κ1) is 17.9. The molecule has 132 valence electrons. The van der Waals surface area contributed by atoms with Crippen LogP contribution in [0.2, 0.25) is 5.04 Å². The van der Waals surface area contributed by atoms with Gasteiger partial charge in [-0.1, -0.05) is 81.4 Å². The number of hydrogen-bond donors (Lipinski definition) is 1. The molecule has 2 aromatic rings. The quantitative estimate of drug-likeness (QED) is 0.859. The molecule has 3 rings (SSSR count). The second-order valence-corrected chi connectivity index (χ2v) is 12.0. The van der Waals surface area contributed by atoms with Crippen molar-refractivity contribution in [2.45, 2.75) is 44.8 Å². The molecule has 0 saturated carbocycles. The van der Waals surface area contributed by atoms with Gasteiger partial charge in [0, 0.05) is 13.0 Å². The summed E-state index contributed by atoms with van der Waals surface area (Å²) in [6.07, 6.45) is 1.39. The zero-order valence-corrected chi connectivity index (χ0v) is 16.3. The minimum atomic E-state index is -2.51. The van der Waals surface area contributed by atoms with Crippen LogP contribution in [0.15, 0.2) is 60.7 Å². The van der Waals surface area contributed by atoms with E-state index in [1.54, 1.807) is 0 Å². The van der Waals surface area contributed by atoms with E-state index in [-0.39, 0.29) is 17.0 Å². The minimum absolute atomic E-state index is 0.0306. The van der Waals surface area contributed by atoms with Crippen molar-refractivity contribution in [1.29, 1.82) is 0 Å². The number of nitrogens with one attached hydrogen (secondary N) is 1. The number of carbonyl (C=O) groups is 1. The molecule has 1 aliphatic rings. The Hall–Kier alpha value is -1.91. The van der Waals surface area contributed by atoms with Crippen LogP contribution < -0.4 is 15.7 Å². The molecule has 2 aromatic carbocycles. The predicted octanol–water partition coefficient (Wildman–Crippen LogP) is 2.84. The van der Waals surface area contributed by atoms with Crippen LogP contribution in [0.3, 0.4) is 0 Å². The summed E-state index contributed by atoms with van der Waals surface area (Å²) in [4.78, 5) is 11.6. The number of carbonyl (C=O) groups excluding carboxylic acids is 1. The molecule has 1 heterocycles. The van der Waals surface area contributed by atoms with Crippen molar-refractivity contribution < 1.29 is 9.22 Å². The van der Waals surface area contributed by atoms with Gasteiger partial charge in [-0.05, 0) is 21.8 Å². The standard InChI is InChI=1S/C21H27NO2Si/c1-21(2,3)25(18-10-6-4-7-11-18,19-12-8-5-9-13-19)24-17-14-15-20(23)22-16-17/h4-13,17H,14-16H2,1-3H3,(H,22,23). The van der Waals surface area contributed by atoms with Gasteiger partial charge in [-0.2, -0.15) is 0 Å². The number of rotatable bonds is 4. The number of hydrogen-bond acceptors (Lipinski definition) is 2. The summed E-state index contributed by atoms with van der Waals surface area (Å²) in [6, 6.07) is 21.3. The van der Waals surface area contributed by atoms with Gasteiger partial charge in [-0.3, -0.25) is 4.79 Å². The molecule has 0 aliphatic carbocycles. The van der Waals surface area contributed by atoms with Gasteiger partial charge in [0.2, 0.25) is 5.91 Å². The SMILES string of the molecule is CC(C)(C)[Si](OC1CCC(=O)NC1)(c1ccccc1)c1ccccc1. The molecule has 3 nitrogen and oxygen atoms in total. The summed E-state index contributed by atoms with van der Waals surface area (Å²) >= 11 is 0. The van der Waals surface area contributed by atoms with Crippen LogP contribution in [0, 0.1) is 0 Å². The van der Waals surface area contributed by atoms with Gasteiger partial charge < -0.3 is 9.74 Å². The molecule has 1 amide bonds. The highest BCUT2D eigenvalue weighted by atomic mass is 28.4. The monoisotopic (exact) mass is 353 g/mol. The number of piperidine rings is 1. The molecule has 4 heteroatoms. The van der Waals surface area contributed by atoms with Crippen LogP contribution >= 0.6 is 0 Å². The van der Waals surface area contributed by atoms with E-state index in [9.17, 15) is 4.79 Å². The Morgan fingerprint density at radius 1 is 0.960 bits per heavy atom. The Balaban J connectivity index is 2.10. The van der Waals surface area contributed by atoms with Crippen molar-refractivity contribution in [1.82, 2.24) is 5.32 Å². The van der Waals surface area contributed by atoms with Crippen molar-refractivity contribution in [3.05, 3.63) is 60.7 Å². The van der Waals surface area contributed by atoms with Gasteiger partial charge in [-0.25, -0.2) is 0 Å². The van der Waals surface area contributed by atoms with E-state index in [1.807, 2.05) is 0 Å². The molecule has 1 aliphatic heterocycles. The van der Waals surface area contributed by atoms with Gasteiger partial charge in [-0.15, -0.1) is 0 Å². The van der Waals surface area contributed by atoms with E-state index in [2.05, 4.69) is 86.8 Å². The van der Waals surface area contributed by atoms with Gasteiger partial charge in [0.05, 0.1) is 6.10 Å². The Bertz CT molecular complexity index is 660. The number of amides is 1. The highest BCUT2D eigenvalue weighted by Gasteiger charge is 2.51. The van der Waals surface area contributed by atoms with Gasteiger partial charge in [0.25, 0.3) is 8.32 Å². The van der Waals surface area contributed by atoms with E-state index in [4.69, 9.17) is 4.43 Å². The number of benzene rings is 2. The lowest BCUT2D eigenvalue weighted by molar-refractivity contribution is -0.123. The molecule has 0 radical (unpaired) electrons. The average molecular weight is 354 g/mol. The van der Waals surface area contributed by atoms with Crippen LogP contribution in [0.5, 0.6) is 0 Å². The van der Waals surface area contributed by atoms with Gasteiger partial charge in [0.1, 0.15) is 0 Å². The van der Waals surface area contributed by atoms with Crippen LogP contribution in [0.25, 0.3) is 0 Å². The maximum absolute atomic E-state index is 11.6. The average Bonchev–Trinajstić information content (AvgIpc) is 2.62. The summed E-state index contributed by atoms with van der Waals surface area (Å²) < 4.78 is 6.99. The van der Waals surface area contributed by atoms with E-state index >= 15 is 0 Å². The van der Waals surface area contributed by atoms with E-state index in [1.165, 1.54) is 10.4 Å². The van der Waals surface area contributed by atoms with Crippen LogP contribution in [-0.2, 0) is 9.22 Å². The zero-order valence-electron chi connectivity index (χ0n) is 15.3. The van der Waals surface area contributed by atoms with E-state index in [0.717, 1.165) is 6.42 Å². The molecule has 25 heavy (non-hydrogen) atoms. The van der Waals surface area contributed by atoms with Crippen molar-refractivity contribution >= 4 is 24.6 Å². The van der Waals surface area contributed by atoms with Gasteiger partial charge in [0.15, 0.2) is 0 Å². The minimum Gasteiger partial charge on any atom is -0.403 e. The highest BCUT2D eigenvalue weighted by molar-refractivity contribution is 6.99. The predicted molar refractivity (Wildman–Crippen MR) is 105 cm³/mol. The second kappa shape index (κ2) is 7.14. The topological polar surface area (TPSA) is 38.3 Å². The van der Waals surface area contributed by atoms with Crippen molar-refractivity contribution in [2.24, 2.45) is 0 Å². The third kappa shape index (κ3) is 3.55. The lowest BCUT2D eigenvalue weighted by atomic mass is 10.1. The van der Waals surface area contributed by atoms with Crippen molar-refractivity contribution in [3.8, 4) is 0 Å². The molecular formula is C21H27NO2Si. The lowest BCUT2D eigenvalue weighted by Gasteiger charge is -2.45. The molecule has 1 unspecified atom stereocenters. The third-order valence-corrected chi connectivity index (χ3v) is 10.1. The maximum atomic E-state index is 11.6. The smallest absolute Gasteiger partial charge is 0.261 e. The first-order valence-corrected chi connectivity index (χ1v) is 10.9. The molecule has 1 fully saturated rings. The Morgan fingerprint density at radius 3 is 1.88 bits per heavy atom. The molecule has 0 aromatic heterocycles. The molecule has 1 saturated heterocycles. The molecule has 0 spiro atoms. The Kier molecular flexibility index (Phi) is 5.11. The second-order valence-electron chi connectivity index (χ2n) is 7.75. The molecule has 0 bridgehead atoms. The summed E-state index contributed by atoms with van der Waals surface area (Å²) in [5, 5.41) is 5.50. The van der Waals surface area contributed by atoms with Gasteiger partial charge >= 0.3 is 0 Å².